The van der Waals surface area contributed by atoms with Gasteiger partial charge in [0.25, 0.3) is 0 Å². The molecule has 0 aliphatic carbocycles. The first-order valence-corrected chi connectivity index (χ1v) is 34.4. The Morgan fingerprint density at radius 2 is 1.16 bits per heavy atom. The maximum Gasteiger partial charge on any atom is 0.416 e. The predicted molar refractivity (Wildman–Crippen MR) is 384 cm³/mol. The van der Waals surface area contributed by atoms with Crippen LogP contribution in [-0.2, 0) is 26.1 Å². The number of pyridine rings is 1. The zero-order chi connectivity index (χ0) is 65.8. The average molecular weight is 1290 g/mol. The SMILES string of the molecule is CC(C)C(C)Sc1ccccn1.CC(C)CC(C)c1ccccc1.CC(C)CCc1ccc(Cl)cc1.CC(C)CCc1cccc(C(F)(F)F)c1.CC(C)c1c(O)sc2ccccc12.CC(C)c1ccc2nsnc2c1.CC(C)c1cn(C)c2ccccc12. The van der Waals surface area contributed by atoms with E-state index in [1.165, 1.54) is 91.3 Å². The van der Waals surface area contributed by atoms with E-state index in [1.807, 2.05) is 66.5 Å². The number of alkyl halides is 3. The van der Waals surface area contributed by atoms with Crippen LogP contribution in [0, 0.1) is 23.7 Å². The van der Waals surface area contributed by atoms with Crippen molar-refractivity contribution in [1.82, 2.24) is 18.3 Å². The Labute approximate surface area is 550 Å². The maximum atomic E-state index is 12.4. The predicted octanol–water partition coefficient (Wildman–Crippen LogP) is 25.1. The minimum atomic E-state index is -4.23. The Morgan fingerprint density at radius 3 is 1.73 bits per heavy atom. The van der Waals surface area contributed by atoms with Crippen molar-refractivity contribution in [2.24, 2.45) is 30.7 Å². The first-order chi connectivity index (χ1) is 42.1. The minimum absolute atomic E-state index is 0.385. The zero-order valence-corrected chi connectivity index (χ0v) is 59.2. The Morgan fingerprint density at radius 1 is 0.562 bits per heavy atom. The number of hydrogen-bond acceptors (Lipinski definition) is 7. The van der Waals surface area contributed by atoms with E-state index < -0.39 is 11.7 Å². The molecule has 0 saturated heterocycles. The first-order valence-electron chi connectivity index (χ1n) is 31.6. The average Bonchev–Trinajstić information content (AvgIpc) is 2.43. The van der Waals surface area contributed by atoms with Gasteiger partial charge >= 0.3 is 6.18 Å². The summed E-state index contributed by atoms with van der Waals surface area (Å²) in [5, 5.41) is 15.4. The van der Waals surface area contributed by atoms with E-state index in [1.54, 1.807) is 6.07 Å². The fourth-order valence-electron chi connectivity index (χ4n) is 9.43. The second-order valence-corrected chi connectivity index (χ2v) is 28.8. The number of thiophene rings is 1. The second-order valence-electron chi connectivity index (χ2n) is 25.4. The maximum absolute atomic E-state index is 12.4. The van der Waals surface area contributed by atoms with Gasteiger partial charge in [-0.25, -0.2) is 4.98 Å². The van der Waals surface area contributed by atoms with Crippen LogP contribution >= 0.6 is 46.4 Å². The molecule has 0 bridgehead atoms. The third-order valence-corrected chi connectivity index (χ3v) is 18.1. The molecule has 4 aromatic heterocycles. The lowest BCUT2D eigenvalue weighted by Crippen LogP contribution is -2.05. The van der Waals surface area contributed by atoms with Gasteiger partial charge in [-0.3, -0.25) is 0 Å². The molecule has 0 radical (unpaired) electrons. The van der Waals surface area contributed by atoms with Crippen molar-refractivity contribution in [2.45, 2.75) is 183 Å². The molecular formula is C77H100ClF3N4OS3. The highest BCUT2D eigenvalue weighted by molar-refractivity contribution is 7.99. The molecule has 89 heavy (non-hydrogen) atoms. The van der Waals surface area contributed by atoms with Gasteiger partial charge in [0, 0.05) is 50.9 Å². The van der Waals surface area contributed by atoms with Gasteiger partial charge in [0.05, 0.1) is 22.3 Å². The summed E-state index contributed by atoms with van der Waals surface area (Å²) in [6, 6.07) is 53.4. The lowest BCUT2D eigenvalue weighted by molar-refractivity contribution is -0.137. The van der Waals surface area contributed by atoms with Crippen LogP contribution in [0.4, 0.5) is 13.2 Å². The van der Waals surface area contributed by atoms with E-state index in [4.69, 9.17) is 11.6 Å². The van der Waals surface area contributed by atoms with Crippen molar-refractivity contribution < 1.29 is 18.3 Å². The lowest BCUT2D eigenvalue weighted by Gasteiger charge is -2.13. The van der Waals surface area contributed by atoms with E-state index in [0.717, 1.165) is 63.0 Å². The minimum Gasteiger partial charge on any atom is -0.499 e. The number of halogens is 4. The first kappa shape index (κ1) is 75.5. The number of nitrogens with zero attached hydrogens (tertiary/aromatic N) is 4. The Bertz CT molecular complexity index is 3530. The summed E-state index contributed by atoms with van der Waals surface area (Å²) in [5.41, 5.74) is 10.3. The number of aryl methyl sites for hydroxylation is 3. The summed E-state index contributed by atoms with van der Waals surface area (Å²) in [7, 11) is 2.11. The highest BCUT2D eigenvalue weighted by atomic mass is 35.5. The van der Waals surface area contributed by atoms with Crippen LogP contribution in [-0.4, -0.2) is 28.7 Å². The third kappa shape index (κ3) is 27.2. The van der Waals surface area contributed by atoms with Crippen molar-refractivity contribution in [3.05, 3.63) is 220 Å². The van der Waals surface area contributed by atoms with Gasteiger partial charge < -0.3 is 9.67 Å². The van der Waals surface area contributed by atoms with E-state index >= 15 is 0 Å². The van der Waals surface area contributed by atoms with Gasteiger partial charge in [-0.2, -0.15) is 21.9 Å². The van der Waals surface area contributed by atoms with Crippen LogP contribution in [0.2, 0.25) is 5.02 Å². The van der Waals surface area contributed by atoms with Gasteiger partial charge in [-0.1, -0.05) is 243 Å². The molecule has 5 nitrogen and oxygen atoms in total. The third-order valence-electron chi connectivity index (χ3n) is 15.0. The quantitative estimate of drug-likeness (QED) is 0.104. The number of para-hydroxylation sites is 1. The fraction of sp³-hybridized carbons (Fsp3) is 0.416. The van der Waals surface area contributed by atoms with E-state index in [0.29, 0.717) is 52.2 Å². The number of thioether (sulfide) groups is 1. The molecule has 0 amide bonds. The summed E-state index contributed by atoms with van der Waals surface area (Å²) in [6.45, 7) is 35.2. The topological polar surface area (TPSA) is 63.8 Å². The summed E-state index contributed by atoms with van der Waals surface area (Å²) >= 11 is 10.4. The van der Waals surface area contributed by atoms with Crippen LogP contribution in [0.3, 0.4) is 0 Å². The molecule has 6 aromatic carbocycles. The second kappa shape index (κ2) is 38.7. The van der Waals surface area contributed by atoms with Gasteiger partial charge in [-0.05, 0) is 167 Å². The summed E-state index contributed by atoms with van der Waals surface area (Å²) < 4.78 is 48.8. The van der Waals surface area contributed by atoms with Crippen molar-refractivity contribution in [3.8, 4) is 5.06 Å². The van der Waals surface area contributed by atoms with E-state index in [-0.39, 0.29) is 0 Å². The molecule has 0 saturated carbocycles. The Balaban J connectivity index is 0.000000222. The molecule has 0 fully saturated rings. The van der Waals surface area contributed by atoms with Crippen LogP contribution in [0.5, 0.6) is 5.06 Å². The largest absolute Gasteiger partial charge is 0.499 e. The smallest absolute Gasteiger partial charge is 0.416 e. The molecule has 2 atom stereocenters. The molecule has 10 rings (SSSR count). The number of aromatic nitrogens is 4. The fourth-order valence-corrected chi connectivity index (χ4v) is 12.1. The molecule has 1 N–H and O–H groups in total. The number of benzene rings is 6. The molecule has 0 spiro atoms. The van der Waals surface area contributed by atoms with Gasteiger partial charge in [-0.15, -0.1) is 11.8 Å². The van der Waals surface area contributed by atoms with Crippen molar-refractivity contribution in [2.75, 3.05) is 0 Å². The van der Waals surface area contributed by atoms with Crippen molar-refractivity contribution >= 4 is 78.5 Å². The number of hydrogen-bond donors (Lipinski definition) is 1. The molecule has 4 heterocycles. The number of fused-ring (bicyclic) bond motifs is 3. The molecule has 0 aliphatic rings. The number of aromatic hydroxyl groups is 1. The van der Waals surface area contributed by atoms with E-state index in [9.17, 15) is 18.3 Å². The lowest BCUT2D eigenvalue weighted by atomic mass is 9.92. The van der Waals surface area contributed by atoms with Gasteiger partial charge in [0.1, 0.15) is 11.0 Å². The van der Waals surface area contributed by atoms with Crippen LogP contribution in [0.15, 0.2) is 181 Å². The molecule has 0 aliphatic heterocycles. The Hall–Kier alpha value is -5.98. The van der Waals surface area contributed by atoms with E-state index in [2.05, 4.69) is 233 Å². The zero-order valence-electron chi connectivity index (χ0n) is 55.9. The molecule has 12 heteroatoms. The van der Waals surface area contributed by atoms with Crippen LogP contribution in [0.1, 0.15) is 193 Å². The highest BCUT2D eigenvalue weighted by Gasteiger charge is 2.30. The highest BCUT2D eigenvalue weighted by Crippen LogP contribution is 2.41. The number of rotatable bonds is 15. The van der Waals surface area contributed by atoms with Gasteiger partial charge in [0.2, 0.25) is 0 Å². The van der Waals surface area contributed by atoms with Crippen LogP contribution in [0.25, 0.3) is 32.0 Å². The standard InChI is InChI=1S/C12H15F3.C12H15N.C12H18.C11H15Cl.C11H12OS.C10H15NS.C9H10N2S/c1-9(2)6-7-10-4-3-5-11(8-10)12(13,14)15;1-9(2)11-8-13(3)12-7-5-4-6-10(11)12;1-10(2)9-11(3)12-7-5-4-6-8-12;1-9(2)3-4-10-5-7-11(12)8-6-10;1-7(2)10-8-5-3-4-6-9(8)13-11(10)12;1-8(2)9(3)12-10-6-4-5-7-11-10;1-6(2)7-3-4-8-9(5-7)11-12-10-8/h3-5,8-9H,6-7H2,1-2H3;4-9H,1-3H3;4-8,10-11H,9H2,1-3H3;5-9H,3-4H2,1-2H3;3-7,12H,1-2H3;4-9H,1-3H3;3-6H,1-2H3. The summed E-state index contributed by atoms with van der Waals surface area (Å²) in [6.07, 6.45) is 5.17. The Kier molecular flexibility index (Phi) is 32.8. The molecular weight excluding hydrogens is 1190 g/mol. The van der Waals surface area contributed by atoms with Crippen LogP contribution < -0.4 is 0 Å². The van der Waals surface area contributed by atoms with Crippen molar-refractivity contribution in [3.63, 3.8) is 0 Å². The van der Waals surface area contributed by atoms with Crippen molar-refractivity contribution in [1.29, 1.82) is 0 Å². The molecule has 2 unspecified atom stereocenters. The molecule has 480 valence electrons. The molecule has 10 aromatic rings. The normalized spacial score (nSPS) is 11.9. The monoisotopic (exact) mass is 1280 g/mol. The van der Waals surface area contributed by atoms with Gasteiger partial charge in [0.15, 0.2) is 5.06 Å². The summed E-state index contributed by atoms with van der Waals surface area (Å²) in [4.78, 5) is 4.26. The summed E-state index contributed by atoms with van der Waals surface area (Å²) in [5.74, 6) is 5.04.